The summed E-state index contributed by atoms with van der Waals surface area (Å²) < 4.78 is 2.57. The monoisotopic (exact) mass is 255 g/mol. The van der Waals surface area contributed by atoms with Gasteiger partial charge in [0.05, 0.1) is 0 Å². The quantitative estimate of drug-likeness (QED) is 0.680. The summed E-state index contributed by atoms with van der Waals surface area (Å²) in [5.74, 6) is 0. The van der Waals surface area contributed by atoms with Gasteiger partial charge in [0.1, 0.15) is 0 Å². The van der Waals surface area contributed by atoms with Gasteiger partial charge in [-0.3, -0.25) is 0 Å². The van der Waals surface area contributed by atoms with E-state index in [9.17, 15) is 0 Å². The molecule has 0 radical (unpaired) electrons. The third kappa shape index (κ3) is 3.72. The van der Waals surface area contributed by atoms with Crippen LogP contribution in [0.25, 0.3) is 0 Å². The molecule has 0 bridgehead atoms. The second-order valence-electron chi connectivity index (χ2n) is 5.41. The molecule has 3 heteroatoms. The summed E-state index contributed by atoms with van der Waals surface area (Å²) in [6.07, 6.45) is 0. The van der Waals surface area contributed by atoms with Crippen molar-refractivity contribution in [2.24, 2.45) is 0 Å². The van der Waals surface area contributed by atoms with Crippen molar-refractivity contribution in [3.63, 3.8) is 0 Å². The molecular weight excluding hydrogens is 233 g/mol. The van der Waals surface area contributed by atoms with E-state index in [1.807, 2.05) is 0 Å². The van der Waals surface area contributed by atoms with Crippen LogP contribution < -0.4 is 0 Å². The molecular formula is C9H23BrNP. The number of hydrogen-bond donors (Lipinski definition) is 0. The Morgan fingerprint density at radius 2 is 1.50 bits per heavy atom. The number of halogens is 1. The fourth-order valence-corrected chi connectivity index (χ4v) is 7.05. The second-order valence-corrected chi connectivity index (χ2v) is 18.3. The van der Waals surface area contributed by atoms with E-state index in [1.54, 1.807) is 0 Å². The van der Waals surface area contributed by atoms with E-state index in [4.69, 9.17) is 0 Å². The molecule has 0 saturated heterocycles. The molecule has 1 nitrogen and oxygen atoms in total. The Hall–Kier alpha value is 0.870. The molecule has 0 aromatic heterocycles. The SMILES string of the molecule is CCN(C(C)(C)C)P(C)(C)(C)Br. The molecule has 0 aliphatic carbocycles. The summed E-state index contributed by atoms with van der Waals surface area (Å²) in [6, 6.07) is 0. The summed E-state index contributed by atoms with van der Waals surface area (Å²) in [7, 11) is 0. The molecule has 0 atom stereocenters. The van der Waals surface area contributed by atoms with E-state index in [0.717, 1.165) is 6.54 Å². The molecule has 0 N–H and O–H groups in total. The fourth-order valence-electron chi connectivity index (χ4n) is 1.97. The Labute approximate surface area is 85.6 Å². The van der Waals surface area contributed by atoms with Crippen molar-refractivity contribution in [1.82, 2.24) is 4.67 Å². The minimum absolute atomic E-state index is 0.258. The van der Waals surface area contributed by atoms with E-state index in [-0.39, 0.29) is 5.54 Å². The Balaban J connectivity index is 4.83. The third-order valence-electron chi connectivity index (χ3n) is 1.89. The van der Waals surface area contributed by atoms with Gasteiger partial charge in [0.15, 0.2) is 0 Å². The Bertz CT molecular complexity index is 154. The first-order chi connectivity index (χ1) is 4.95. The molecule has 0 rings (SSSR count). The van der Waals surface area contributed by atoms with E-state index in [2.05, 4.69) is 67.8 Å². The van der Waals surface area contributed by atoms with Gasteiger partial charge in [-0.15, -0.1) is 0 Å². The van der Waals surface area contributed by atoms with Crippen LogP contribution in [0.2, 0.25) is 0 Å². The van der Waals surface area contributed by atoms with Crippen molar-refractivity contribution in [1.29, 1.82) is 0 Å². The summed E-state index contributed by atoms with van der Waals surface area (Å²) in [4.78, 5) is 0. The van der Waals surface area contributed by atoms with E-state index in [1.165, 1.54) is 0 Å². The summed E-state index contributed by atoms with van der Waals surface area (Å²) in [5, 5.41) is 0. The van der Waals surface area contributed by atoms with Gasteiger partial charge < -0.3 is 0 Å². The topological polar surface area (TPSA) is 3.24 Å². The van der Waals surface area contributed by atoms with Crippen molar-refractivity contribution in [3.05, 3.63) is 0 Å². The minimum atomic E-state index is -1.74. The van der Waals surface area contributed by atoms with Gasteiger partial charge in [-0.2, -0.15) is 0 Å². The normalized spacial score (nSPS) is 17.6. The summed E-state index contributed by atoms with van der Waals surface area (Å²) in [5.41, 5.74) is -1.48. The van der Waals surface area contributed by atoms with Crippen LogP contribution in [-0.2, 0) is 0 Å². The molecule has 0 spiro atoms. The predicted octanol–water partition coefficient (Wildman–Crippen LogP) is 3.77. The third-order valence-corrected chi connectivity index (χ3v) is 5.55. The number of rotatable bonds is 2. The molecule has 0 aromatic carbocycles. The van der Waals surface area contributed by atoms with Gasteiger partial charge in [0.25, 0.3) is 0 Å². The van der Waals surface area contributed by atoms with Crippen LogP contribution in [0.3, 0.4) is 0 Å². The van der Waals surface area contributed by atoms with Crippen LogP contribution in [0.4, 0.5) is 0 Å². The molecule has 0 saturated carbocycles. The fraction of sp³-hybridized carbons (Fsp3) is 1.00. The molecule has 0 aliphatic heterocycles. The standard InChI is InChI=1S/C9H23BrNP/c1-8-11(9(2,3)4)12(5,6,7)10/h8H2,1-7H3. The van der Waals surface area contributed by atoms with E-state index >= 15 is 0 Å². The van der Waals surface area contributed by atoms with Crippen LogP contribution in [0.5, 0.6) is 0 Å². The van der Waals surface area contributed by atoms with Gasteiger partial charge in [-0.1, -0.05) is 0 Å². The van der Waals surface area contributed by atoms with Gasteiger partial charge >= 0.3 is 85.4 Å². The summed E-state index contributed by atoms with van der Waals surface area (Å²) >= 11 is 3.90. The first kappa shape index (κ1) is 12.9. The van der Waals surface area contributed by atoms with E-state index < -0.39 is 5.46 Å². The average molecular weight is 256 g/mol. The average Bonchev–Trinajstić information content (AvgIpc) is 1.53. The van der Waals surface area contributed by atoms with Gasteiger partial charge in [-0.25, -0.2) is 0 Å². The molecule has 0 amide bonds. The molecule has 0 aliphatic rings. The van der Waals surface area contributed by atoms with Crippen molar-refractivity contribution >= 4 is 20.9 Å². The van der Waals surface area contributed by atoms with Crippen molar-refractivity contribution in [3.8, 4) is 0 Å². The van der Waals surface area contributed by atoms with Crippen LogP contribution in [0.15, 0.2) is 0 Å². The molecule has 0 fully saturated rings. The van der Waals surface area contributed by atoms with Gasteiger partial charge in [0, 0.05) is 0 Å². The van der Waals surface area contributed by atoms with Crippen LogP contribution >= 0.6 is 20.9 Å². The maximum absolute atomic E-state index is 3.90. The van der Waals surface area contributed by atoms with Crippen LogP contribution in [0, 0.1) is 0 Å². The number of hydrogen-bond acceptors (Lipinski definition) is 1. The second kappa shape index (κ2) is 3.22. The van der Waals surface area contributed by atoms with Crippen LogP contribution in [-0.4, -0.2) is 36.7 Å². The summed E-state index contributed by atoms with van der Waals surface area (Å²) in [6.45, 7) is 17.2. The zero-order valence-corrected chi connectivity index (χ0v) is 12.0. The zero-order valence-electron chi connectivity index (χ0n) is 9.48. The predicted molar refractivity (Wildman–Crippen MR) is 65.8 cm³/mol. The van der Waals surface area contributed by atoms with Gasteiger partial charge in [-0.05, 0) is 0 Å². The number of nitrogens with zero attached hydrogens (tertiary/aromatic N) is 1. The molecule has 12 heavy (non-hydrogen) atoms. The van der Waals surface area contributed by atoms with E-state index in [0.29, 0.717) is 0 Å². The van der Waals surface area contributed by atoms with Crippen molar-refractivity contribution in [2.75, 3.05) is 26.5 Å². The Morgan fingerprint density at radius 3 is 1.50 bits per heavy atom. The first-order valence-electron chi connectivity index (χ1n) is 4.46. The molecule has 0 unspecified atom stereocenters. The van der Waals surface area contributed by atoms with Crippen LogP contribution in [0.1, 0.15) is 27.7 Å². The Kier molecular flexibility index (Phi) is 3.45. The van der Waals surface area contributed by atoms with Crippen molar-refractivity contribution < 1.29 is 0 Å². The molecule has 76 valence electrons. The van der Waals surface area contributed by atoms with Crippen molar-refractivity contribution in [2.45, 2.75) is 33.2 Å². The van der Waals surface area contributed by atoms with Gasteiger partial charge in [0.2, 0.25) is 0 Å². The first-order valence-corrected chi connectivity index (χ1v) is 10.0. The Morgan fingerprint density at radius 1 is 1.17 bits per heavy atom. The molecule has 0 aromatic rings. The zero-order chi connectivity index (χ0) is 10.2. The maximum atomic E-state index is 3.90. The molecule has 0 heterocycles.